The lowest BCUT2D eigenvalue weighted by Gasteiger charge is -2.20. The van der Waals surface area contributed by atoms with Gasteiger partial charge in [0.25, 0.3) is 0 Å². The van der Waals surface area contributed by atoms with Crippen molar-refractivity contribution in [2.75, 3.05) is 7.05 Å². The molecule has 0 radical (unpaired) electrons. The van der Waals surface area contributed by atoms with E-state index in [-0.39, 0.29) is 6.04 Å². The smallest absolute Gasteiger partial charge is 0.163 e. The van der Waals surface area contributed by atoms with E-state index in [2.05, 4.69) is 19.2 Å². The number of nitrogens with one attached hydrogen (secondary N) is 1. The fourth-order valence-corrected chi connectivity index (χ4v) is 1.76. The summed E-state index contributed by atoms with van der Waals surface area (Å²) in [5, 5.41) is 3.04. The van der Waals surface area contributed by atoms with Gasteiger partial charge >= 0.3 is 0 Å². The predicted molar refractivity (Wildman–Crippen MR) is 62.2 cm³/mol. The molecule has 0 fully saturated rings. The Labute approximate surface area is 95.9 Å². The van der Waals surface area contributed by atoms with Crippen LogP contribution in [0.1, 0.15) is 38.3 Å². The standard InChI is InChI=1S/C13H19F2N/c1-4-9(2)8-12(16-3)10-6-5-7-11(14)13(10)15/h5-7,9,12,16H,4,8H2,1-3H3. The van der Waals surface area contributed by atoms with Crippen LogP contribution in [0.3, 0.4) is 0 Å². The molecule has 0 aliphatic heterocycles. The minimum atomic E-state index is -0.776. The van der Waals surface area contributed by atoms with Crippen LogP contribution in [0.5, 0.6) is 0 Å². The molecule has 3 heteroatoms. The molecule has 0 heterocycles. The Kier molecular flexibility index (Phi) is 4.87. The van der Waals surface area contributed by atoms with Gasteiger partial charge in [-0.05, 0) is 25.5 Å². The van der Waals surface area contributed by atoms with Crippen LogP contribution in [0.2, 0.25) is 0 Å². The van der Waals surface area contributed by atoms with E-state index in [0.717, 1.165) is 18.9 Å². The molecule has 2 atom stereocenters. The van der Waals surface area contributed by atoms with Gasteiger partial charge in [-0.3, -0.25) is 0 Å². The van der Waals surface area contributed by atoms with Crippen molar-refractivity contribution in [1.29, 1.82) is 0 Å². The van der Waals surface area contributed by atoms with Gasteiger partial charge in [-0.25, -0.2) is 8.78 Å². The lowest BCUT2D eigenvalue weighted by atomic mass is 9.94. The lowest BCUT2D eigenvalue weighted by molar-refractivity contribution is 0.401. The average molecular weight is 227 g/mol. The minimum absolute atomic E-state index is 0.120. The Morgan fingerprint density at radius 1 is 1.31 bits per heavy atom. The zero-order valence-corrected chi connectivity index (χ0v) is 10.1. The molecule has 1 N–H and O–H groups in total. The lowest BCUT2D eigenvalue weighted by Crippen LogP contribution is -2.20. The maximum Gasteiger partial charge on any atom is 0.163 e. The van der Waals surface area contributed by atoms with Gasteiger partial charge in [-0.2, -0.15) is 0 Å². The summed E-state index contributed by atoms with van der Waals surface area (Å²) < 4.78 is 26.7. The van der Waals surface area contributed by atoms with Crippen molar-refractivity contribution in [2.24, 2.45) is 5.92 Å². The molecular formula is C13H19F2N. The first kappa shape index (κ1) is 13.1. The Balaban J connectivity index is 2.90. The van der Waals surface area contributed by atoms with Gasteiger partial charge in [0, 0.05) is 11.6 Å². The number of hydrogen-bond donors (Lipinski definition) is 1. The molecule has 1 aromatic carbocycles. The molecule has 90 valence electrons. The highest BCUT2D eigenvalue weighted by Gasteiger charge is 2.18. The second-order valence-corrected chi connectivity index (χ2v) is 4.23. The van der Waals surface area contributed by atoms with Crippen LogP contribution in [0.4, 0.5) is 8.78 Å². The summed E-state index contributed by atoms with van der Waals surface area (Å²) >= 11 is 0. The third-order valence-electron chi connectivity index (χ3n) is 3.04. The summed E-state index contributed by atoms with van der Waals surface area (Å²) in [5.74, 6) is -1.02. The van der Waals surface area contributed by atoms with Gasteiger partial charge in [-0.1, -0.05) is 32.4 Å². The van der Waals surface area contributed by atoms with Crippen molar-refractivity contribution in [1.82, 2.24) is 5.32 Å². The van der Waals surface area contributed by atoms with Crippen LogP contribution < -0.4 is 5.32 Å². The van der Waals surface area contributed by atoms with Crippen molar-refractivity contribution in [3.8, 4) is 0 Å². The first-order valence-corrected chi connectivity index (χ1v) is 5.71. The molecule has 0 aliphatic carbocycles. The van der Waals surface area contributed by atoms with E-state index < -0.39 is 11.6 Å². The van der Waals surface area contributed by atoms with E-state index in [4.69, 9.17) is 0 Å². The van der Waals surface area contributed by atoms with Crippen molar-refractivity contribution < 1.29 is 8.78 Å². The summed E-state index contributed by atoms with van der Waals surface area (Å²) in [6.07, 6.45) is 1.85. The zero-order chi connectivity index (χ0) is 12.1. The average Bonchev–Trinajstić information content (AvgIpc) is 2.29. The highest BCUT2D eigenvalue weighted by atomic mass is 19.2. The Morgan fingerprint density at radius 3 is 2.56 bits per heavy atom. The van der Waals surface area contributed by atoms with Gasteiger partial charge in [-0.15, -0.1) is 0 Å². The number of rotatable bonds is 5. The molecular weight excluding hydrogens is 208 g/mol. The highest BCUT2D eigenvalue weighted by molar-refractivity contribution is 5.22. The van der Waals surface area contributed by atoms with Crippen LogP contribution >= 0.6 is 0 Å². The summed E-state index contributed by atoms with van der Waals surface area (Å²) in [6, 6.07) is 4.22. The molecule has 0 bridgehead atoms. The zero-order valence-electron chi connectivity index (χ0n) is 10.1. The molecule has 0 aromatic heterocycles. The maximum absolute atomic E-state index is 13.6. The van der Waals surface area contributed by atoms with Crippen molar-refractivity contribution in [2.45, 2.75) is 32.7 Å². The normalized spacial score (nSPS) is 14.8. The van der Waals surface area contributed by atoms with Gasteiger partial charge in [0.15, 0.2) is 11.6 Å². The van der Waals surface area contributed by atoms with E-state index in [1.54, 1.807) is 19.2 Å². The fraction of sp³-hybridized carbons (Fsp3) is 0.538. The topological polar surface area (TPSA) is 12.0 Å². The highest BCUT2D eigenvalue weighted by Crippen LogP contribution is 2.25. The van der Waals surface area contributed by atoms with Crippen molar-refractivity contribution in [3.05, 3.63) is 35.4 Å². The van der Waals surface area contributed by atoms with E-state index in [9.17, 15) is 8.78 Å². The van der Waals surface area contributed by atoms with Crippen LogP contribution in [0.25, 0.3) is 0 Å². The molecule has 0 saturated carbocycles. The second kappa shape index (κ2) is 5.94. The molecule has 2 unspecified atom stereocenters. The van der Waals surface area contributed by atoms with E-state index in [0.29, 0.717) is 11.5 Å². The predicted octanol–water partition coefficient (Wildman–Crippen LogP) is 3.66. The summed E-state index contributed by atoms with van der Waals surface area (Å²) in [4.78, 5) is 0. The van der Waals surface area contributed by atoms with E-state index >= 15 is 0 Å². The third kappa shape index (κ3) is 3.01. The Bertz CT molecular complexity index is 339. The van der Waals surface area contributed by atoms with Crippen LogP contribution in [-0.2, 0) is 0 Å². The van der Waals surface area contributed by atoms with Crippen molar-refractivity contribution in [3.63, 3.8) is 0 Å². The van der Waals surface area contributed by atoms with E-state index in [1.165, 1.54) is 0 Å². The summed E-state index contributed by atoms with van der Waals surface area (Å²) in [7, 11) is 1.78. The second-order valence-electron chi connectivity index (χ2n) is 4.23. The van der Waals surface area contributed by atoms with Gasteiger partial charge < -0.3 is 5.32 Å². The van der Waals surface area contributed by atoms with Crippen molar-refractivity contribution >= 4 is 0 Å². The molecule has 16 heavy (non-hydrogen) atoms. The van der Waals surface area contributed by atoms with Crippen LogP contribution in [-0.4, -0.2) is 7.05 Å². The minimum Gasteiger partial charge on any atom is -0.313 e. The third-order valence-corrected chi connectivity index (χ3v) is 3.04. The monoisotopic (exact) mass is 227 g/mol. The molecule has 1 rings (SSSR count). The quantitative estimate of drug-likeness (QED) is 0.809. The SMILES string of the molecule is CCC(C)CC(NC)c1cccc(F)c1F. The van der Waals surface area contributed by atoms with E-state index in [1.807, 2.05) is 0 Å². The molecule has 0 spiro atoms. The largest absolute Gasteiger partial charge is 0.313 e. The summed E-state index contributed by atoms with van der Waals surface area (Å²) in [5.41, 5.74) is 0.419. The molecule has 1 nitrogen and oxygen atoms in total. The van der Waals surface area contributed by atoms with Crippen LogP contribution in [0, 0.1) is 17.6 Å². The first-order valence-electron chi connectivity index (χ1n) is 5.71. The van der Waals surface area contributed by atoms with Gasteiger partial charge in [0.05, 0.1) is 0 Å². The maximum atomic E-state index is 13.6. The molecule has 0 saturated heterocycles. The fourth-order valence-electron chi connectivity index (χ4n) is 1.76. The Hall–Kier alpha value is -0.960. The number of halogens is 2. The molecule has 0 aliphatic rings. The first-order chi connectivity index (χ1) is 7.60. The molecule has 1 aromatic rings. The summed E-state index contributed by atoms with van der Waals surface area (Å²) in [6.45, 7) is 4.21. The van der Waals surface area contributed by atoms with Crippen LogP contribution in [0.15, 0.2) is 18.2 Å². The number of hydrogen-bond acceptors (Lipinski definition) is 1. The van der Waals surface area contributed by atoms with Gasteiger partial charge in [0.1, 0.15) is 0 Å². The van der Waals surface area contributed by atoms with Gasteiger partial charge in [0.2, 0.25) is 0 Å². The Morgan fingerprint density at radius 2 is 2.00 bits per heavy atom. The molecule has 0 amide bonds. The number of benzene rings is 1.